The van der Waals surface area contributed by atoms with Crippen LogP contribution in [0.2, 0.25) is 0 Å². The van der Waals surface area contributed by atoms with Crippen LogP contribution >= 0.6 is 15.9 Å². The molecule has 1 heterocycles. The summed E-state index contributed by atoms with van der Waals surface area (Å²) in [4.78, 5) is 0. The second-order valence-corrected chi connectivity index (χ2v) is 5.56. The van der Waals surface area contributed by atoms with Crippen molar-refractivity contribution in [1.82, 2.24) is 14.8 Å². The van der Waals surface area contributed by atoms with Gasteiger partial charge in [0.15, 0.2) is 0 Å². The van der Waals surface area contributed by atoms with E-state index in [-0.39, 0.29) is 6.04 Å². The number of nitrogens with zero attached hydrogens (tertiary/aromatic N) is 3. The molecule has 0 atom stereocenters. The summed E-state index contributed by atoms with van der Waals surface area (Å²) in [6.07, 6.45) is -3.85. The zero-order valence-corrected chi connectivity index (χ0v) is 13.2. The molecule has 7 heteroatoms. The van der Waals surface area contributed by atoms with E-state index in [1.54, 1.807) is 0 Å². The highest BCUT2D eigenvalue weighted by molar-refractivity contribution is 9.08. The first-order valence-corrected chi connectivity index (χ1v) is 7.60. The quantitative estimate of drug-likeness (QED) is 0.757. The van der Waals surface area contributed by atoms with Crippen molar-refractivity contribution in [2.24, 2.45) is 0 Å². The van der Waals surface area contributed by atoms with Crippen LogP contribution in [-0.4, -0.2) is 14.8 Å². The van der Waals surface area contributed by atoms with Crippen LogP contribution in [0, 0.1) is 0 Å². The number of halogens is 4. The molecule has 0 saturated heterocycles. The van der Waals surface area contributed by atoms with Crippen LogP contribution in [0.15, 0.2) is 24.3 Å². The number of alkyl halides is 4. The van der Waals surface area contributed by atoms with Crippen molar-refractivity contribution in [3.63, 3.8) is 0 Å². The molecular formula is C14H15BrF3N3. The third kappa shape index (κ3) is 3.64. The molecule has 0 radical (unpaired) electrons. The molecule has 114 valence electrons. The van der Waals surface area contributed by atoms with Crippen molar-refractivity contribution >= 4 is 15.9 Å². The molecule has 0 amide bonds. The molecule has 0 aliphatic carbocycles. The maximum Gasteiger partial charge on any atom is 0.416 e. The summed E-state index contributed by atoms with van der Waals surface area (Å²) in [5.41, 5.74) is 0.135. The van der Waals surface area contributed by atoms with Gasteiger partial charge in [0.05, 0.1) is 10.9 Å². The average Bonchev–Trinajstić information content (AvgIpc) is 2.81. The Morgan fingerprint density at radius 3 is 2.14 bits per heavy atom. The maximum atomic E-state index is 12.5. The molecule has 2 aromatic rings. The van der Waals surface area contributed by atoms with E-state index >= 15 is 0 Å². The van der Waals surface area contributed by atoms with Gasteiger partial charge >= 0.3 is 6.18 Å². The molecule has 0 unspecified atom stereocenters. The molecule has 0 aliphatic heterocycles. The van der Waals surface area contributed by atoms with Crippen molar-refractivity contribution in [1.29, 1.82) is 0 Å². The van der Waals surface area contributed by atoms with Gasteiger partial charge in [0.2, 0.25) is 0 Å². The molecule has 21 heavy (non-hydrogen) atoms. The van der Waals surface area contributed by atoms with Crippen LogP contribution < -0.4 is 0 Å². The predicted octanol–water partition coefficient (Wildman–Crippen LogP) is 4.36. The highest BCUT2D eigenvalue weighted by Crippen LogP contribution is 2.29. The zero-order chi connectivity index (χ0) is 15.6. The van der Waals surface area contributed by atoms with Crippen LogP contribution in [0.5, 0.6) is 0 Å². The summed E-state index contributed by atoms with van der Waals surface area (Å²) in [6.45, 7) is 4.04. The second-order valence-electron chi connectivity index (χ2n) is 5.00. The fourth-order valence-electron chi connectivity index (χ4n) is 2.16. The van der Waals surface area contributed by atoms with Crippen molar-refractivity contribution in [2.75, 3.05) is 0 Å². The zero-order valence-electron chi connectivity index (χ0n) is 11.7. The van der Waals surface area contributed by atoms with Crippen LogP contribution in [0.25, 0.3) is 0 Å². The molecule has 1 aromatic heterocycles. The first-order chi connectivity index (χ1) is 9.82. The minimum Gasteiger partial charge on any atom is -0.311 e. The topological polar surface area (TPSA) is 30.7 Å². The average molecular weight is 362 g/mol. The number of hydrogen-bond donors (Lipinski definition) is 0. The number of benzene rings is 1. The highest BCUT2D eigenvalue weighted by atomic mass is 79.9. The van der Waals surface area contributed by atoms with Crippen LogP contribution in [0.1, 0.15) is 42.7 Å². The van der Waals surface area contributed by atoms with E-state index in [0.717, 1.165) is 29.3 Å². The molecule has 0 saturated carbocycles. The Bertz CT molecular complexity index is 603. The molecule has 2 rings (SSSR count). The Balaban J connectivity index is 2.25. The normalized spacial score (nSPS) is 12.1. The van der Waals surface area contributed by atoms with Crippen molar-refractivity contribution in [2.45, 2.75) is 37.8 Å². The van der Waals surface area contributed by atoms with E-state index in [9.17, 15) is 13.2 Å². The number of rotatable bonds is 4. The van der Waals surface area contributed by atoms with E-state index in [1.165, 1.54) is 12.1 Å². The van der Waals surface area contributed by atoms with Gasteiger partial charge in [-0.3, -0.25) is 0 Å². The van der Waals surface area contributed by atoms with Gasteiger partial charge in [-0.25, -0.2) is 0 Å². The fourth-order valence-corrected chi connectivity index (χ4v) is 2.54. The van der Waals surface area contributed by atoms with E-state index in [1.807, 2.05) is 18.4 Å². The lowest BCUT2D eigenvalue weighted by Gasteiger charge is -2.13. The lowest BCUT2D eigenvalue weighted by Crippen LogP contribution is -2.10. The smallest absolute Gasteiger partial charge is 0.311 e. The van der Waals surface area contributed by atoms with Gasteiger partial charge in [-0.05, 0) is 31.5 Å². The summed E-state index contributed by atoms with van der Waals surface area (Å²) in [7, 11) is 0. The fraction of sp³-hybridized carbons (Fsp3) is 0.429. The molecule has 0 aliphatic rings. The lowest BCUT2D eigenvalue weighted by molar-refractivity contribution is -0.137. The Morgan fingerprint density at radius 2 is 1.67 bits per heavy atom. The molecule has 0 bridgehead atoms. The number of hydrogen-bond acceptors (Lipinski definition) is 2. The second kappa shape index (κ2) is 6.17. The first-order valence-electron chi connectivity index (χ1n) is 6.47. The third-order valence-corrected chi connectivity index (χ3v) is 3.62. The largest absolute Gasteiger partial charge is 0.416 e. The lowest BCUT2D eigenvalue weighted by atomic mass is 10.1. The molecule has 0 N–H and O–H groups in total. The van der Waals surface area contributed by atoms with Gasteiger partial charge in [-0.1, -0.05) is 28.1 Å². The summed E-state index contributed by atoms with van der Waals surface area (Å²) in [6, 6.07) is 5.34. The monoisotopic (exact) mass is 361 g/mol. The van der Waals surface area contributed by atoms with Crippen LogP contribution in [-0.2, 0) is 17.9 Å². The predicted molar refractivity (Wildman–Crippen MR) is 77.3 cm³/mol. The minimum atomic E-state index is -4.31. The van der Waals surface area contributed by atoms with Crippen molar-refractivity contribution in [3.8, 4) is 0 Å². The van der Waals surface area contributed by atoms with Gasteiger partial charge in [0.1, 0.15) is 11.6 Å². The van der Waals surface area contributed by atoms with E-state index in [4.69, 9.17) is 0 Å². The molecule has 0 spiro atoms. The van der Waals surface area contributed by atoms with Crippen LogP contribution in [0.4, 0.5) is 13.2 Å². The molecule has 1 aromatic carbocycles. The Hall–Kier alpha value is -1.37. The highest BCUT2D eigenvalue weighted by Gasteiger charge is 2.30. The van der Waals surface area contributed by atoms with Gasteiger partial charge in [0, 0.05) is 12.5 Å². The van der Waals surface area contributed by atoms with Crippen LogP contribution in [0.3, 0.4) is 0 Å². The summed E-state index contributed by atoms with van der Waals surface area (Å²) < 4.78 is 39.6. The van der Waals surface area contributed by atoms with Crippen molar-refractivity contribution in [3.05, 3.63) is 47.0 Å². The standard InChI is InChI=1S/C14H15BrF3N3/c1-9(2)21-12(19-20-13(21)8-15)7-10-3-5-11(6-4-10)14(16,17)18/h3-6,9H,7-8H2,1-2H3. The van der Waals surface area contributed by atoms with Gasteiger partial charge in [-0.2, -0.15) is 13.2 Å². The summed E-state index contributed by atoms with van der Waals surface area (Å²) in [5, 5.41) is 8.82. The third-order valence-electron chi connectivity index (χ3n) is 3.12. The van der Waals surface area contributed by atoms with Gasteiger partial charge < -0.3 is 4.57 Å². The first kappa shape index (κ1) is 16.0. The summed E-state index contributed by atoms with van der Waals surface area (Å²) in [5.74, 6) is 1.56. The van der Waals surface area contributed by atoms with Crippen molar-refractivity contribution < 1.29 is 13.2 Å². The van der Waals surface area contributed by atoms with Gasteiger partial charge in [0.25, 0.3) is 0 Å². The minimum absolute atomic E-state index is 0.192. The number of aromatic nitrogens is 3. The van der Waals surface area contributed by atoms with E-state index in [2.05, 4.69) is 26.1 Å². The maximum absolute atomic E-state index is 12.5. The van der Waals surface area contributed by atoms with E-state index in [0.29, 0.717) is 11.8 Å². The molecule has 0 fully saturated rings. The van der Waals surface area contributed by atoms with Gasteiger partial charge in [-0.15, -0.1) is 10.2 Å². The molecule has 3 nitrogen and oxygen atoms in total. The molecular weight excluding hydrogens is 347 g/mol. The summed E-state index contributed by atoms with van der Waals surface area (Å²) >= 11 is 3.36. The Labute approximate surface area is 129 Å². The Kier molecular flexibility index (Phi) is 4.70. The SMILES string of the molecule is CC(C)n1c(CBr)nnc1Cc1ccc(C(F)(F)F)cc1. The Morgan fingerprint density at radius 1 is 1.10 bits per heavy atom. The van der Waals surface area contributed by atoms with E-state index < -0.39 is 11.7 Å².